The minimum Gasteiger partial charge on any atom is -0.312 e. The highest BCUT2D eigenvalue weighted by Gasteiger charge is 2.11. The van der Waals surface area contributed by atoms with Gasteiger partial charge >= 0.3 is 0 Å². The van der Waals surface area contributed by atoms with Crippen LogP contribution in [0.1, 0.15) is 16.5 Å². The maximum absolute atomic E-state index is 5.99. The molecule has 0 fully saturated rings. The van der Waals surface area contributed by atoms with Gasteiger partial charge in [-0.2, -0.15) is 0 Å². The number of nitrogens with one attached hydrogen (secondary N) is 1. The summed E-state index contributed by atoms with van der Waals surface area (Å²) in [4.78, 5) is 2.58. The number of thiophene rings is 1. The van der Waals surface area contributed by atoms with Crippen molar-refractivity contribution in [2.45, 2.75) is 17.9 Å². The molecule has 0 spiro atoms. The number of hydrogen-bond acceptors (Lipinski definition) is 3. The van der Waals surface area contributed by atoms with Gasteiger partial charge in [0, 0.05) is 26.6 Å². The fraction of sp³-hybridized carbons (Fsp3) is 0.286. The van der Waals surface area contributed by atoms with Crippen molar-refractivity contribution in [2.24, 2.45) is 0 Å². The lowest BCUT2D eigenvalue weighted by atomic mass is 10.2. The van der Waals surface area contributed by atoms with E-state index >= 15 is 0 Å². The summed E-state index contributed by atoms with van der Waals surface area (Å²) in [5.74, 6) is 1.01. The minimum absolute atomic E-state index is 0.388. The lowest BCUT2D eigenvalue weighted by Gasteiger charge is -2.14. The highest BCUT2D eigenvalue weighted by Crippen LogP contribution is 2.28. The topological polar surface area (TPSA) is 12.0 Å². The van der Waals surface area contributed by atoms with Crippen LogP contribution in [0.25, 0.3) is 0 Å². The van der Waals surface area contributed by atoms with Crippen molar-refractivity contribution in [2.75, 3.05) is 12.8 Å². The first-order valence-electron chi connectivity index (χ1n) is 5.79. The van der Waals surface area contributed by atoms with E-state index in [4.69, 9.17) is 11.6 Å². The largest absolute Gasteiger partial charge is 0.312 e. The van der Waals surface area contributed by atoms with Crippen molar-refractivity contribution in [1.82, 2.24) is 5.32 Å². The number of benzene rings is 1. The van der Waals surface area contributed by atoms with Gasteiger partial charge in [0.15, 0.2) is 0 Å². The zero-order valence-corrected chi connectivity index (χ0v) is 12.8. The molecule has 0 saturated heterocycles. The maximum atomic E-state index is 5.99. The molecule has 1 atom stereocenters. The molecule has 0 saturated carbocycles. The van der Waals surface area contributed by atoms with Crippen LogP contribution in [0.5, 0.6) is 0 Å². The second-order valence-corrected chi connectivity index (χ2v) is 6.75. The van der Waals surface area contributed by atoms with Gasteiger partial charge in [0.05, 0.1) is 0 Å². The van der Waals surface area contributed by atoms with E-state index in [-0.39, 0.29) is 0 Å². The van der Waals surface area contributed by atoms with Crippen LogP contribution >= 0.6 is 34.7 Å². The summed E-state index contributed by atoms with van der Waals surface area (Å²) >= 11 is 9.62. The summed E-state index contributed by atoms with van der Waals surface area (Å²) in [6, 6.07) is 10.7. The van der Waals surface area contributed by atoms with Crippen LogP contribution < -0.4 is 5.32 Å². The van der Waals surface area contributed by atoms with Crippen LogP contribution in [0, 0.1) is 6.92 Å². The molecular weight excluding hydrogens is 282 g/mol. The normalized spacial score (nSPS) is 12.6. The van der Waals surface area contributed by atoms with E-state index < -0.39 is 0 Å². The molecule has 0 aliphatic heterocycles. The van der Waals surface area contributed by atoms with Crippen molar-refractivity contribution in [3.05, 3.63) is 51.2 Å². The maximum Gasteiger partial charge on any atom is 0.0421 e. The predicted octanol–water partition coefficient (Wildman–Crippen LogP) is 4.76. The highest BCUT2D eigenvalue weighted by atomic mass is 35.5. The van der Waals surface area contributed by atoms with E-state index in [0.717, 1.165) is 10.8 Å². The fourth-order valence-corrected chi connectivity index (χ4v) is 3.85. The summed E-state index contributed by atoms with van der Waals surface area (Å²) in [7, 11) is 2.01. The van der Waals surface area contributed by atoms with Crippen LogP contribution in [-0.2, 0) is 0 Å². The third kappa shape index (κ3) is 3.75. The second kappa shape index (κ2) is 6.62. The molecule has 1 heterocycles. The van der Waals surface area contributed by atoms with Gasteiger partial charge in [-0.15, -0.1) is 23.1 Å². The minimum atomic E-state index is 0.388. The van der Waals surface area contributed by atoms with Crippen molar-refractivity contribution in [1.29, 1.82) is 0 Å². The fourth-order valence-electron chi connectivity index (χ4n) is 1.73. The Labute approximate surface area is 122 Å². The summed E-state index contributed by atoms with van der Waals surface area (Å²) in [6.45, 7) is 2.14. The Morgan fingerprint density at radius 3 is 2.83 bits per heavy atom. The molecule has 2 rings (SSSR count). The zero-order chi connectivity index (χ0) is 13.0. The molecule has 96 valence electrons. The van der Waals surface area contributed by atoms with Crippen molar-refractivity contribution in [3.8, 4) is 0 Å². The van der Waals surface area contributed by atoms with E-state index in [2.05, 4.69) is 29.8 Å². The third-order valence-electron chi connectivity index (χ3n) is 2.71. The Morgan fingerprint density at radius 1 is 1.39 bits per heavy atom. The summed E-state index contributed by atoms with van der Waals surface area (Å²) in [5.41, 5.74) is 1.37. The first-order valence-corrected chi connectivity index (χ1v) is 8.04. The number of halogens is 1. The number of rotatable bonds is 5. The van der Waals surface area contributed by atoms with Gasteiger partial charge in [-0.1, -0.05) is 17.7 Å². The van der Waals surface area contributed by atoms with Gasteiger partial charge in [0.1, 0.15) is 0 Å². The Morgan fingerprint density at radius 2 is 2.22 bits per heavy atom. The predicted molar refractivity (Wildman–Crippen MR) is 83.0 cm³/mol. The lowest BCUT2D eigenvalue weighted by molar-refractivity contribution is 0.664. The lowest BCUT2D eigenvalue weighted by Crippen LogP contribution is -2.17. The molecular formula is C14H16ClNS2. The SMILES string of the molecule is CNC(CSc1cccc(Cl)c1)c1csc(C)c1. The smallest absolute Gasteiger partial charge is 0.0421 e. The molecule has 0 aliphatic carbocycles. The first kappa shape index (κ1) is 13.9. The molecule has 4 heteroatoms. The van der Waals surface area contributed by atoms with E-state index in [0.29, 0.717) is 6.04 Å². The molecule has 1 unspecified atom stereocenters. The summed E-state index contributed by atoms with van der Waals surface area (Å²) in [6.07, 6.45) is 0. The number of aryl methyl sites for hydroxylation is 1. The van der Waals surface area contributed by atoms with Crippen molar-refractivity contribution >= 4 is 34.7 Å². The number of thioether (sulfide) groups is 1. The van der Waals surface area contributed by atoms with Gasteiger partial charge < -0.3 is 5.32 Å². The molecule has 1 N–H and O–H groups in total. The molecule has 0 radical (unpaired) electrons. The molecule has 0 bridgehead atoms. The van der Waals surface area contributed by atoms with Gasteiger partial charge in [-0.25, -0.2) is 0 Å². The summed E-state index contributed by atoms with van der Waals surface area (Å²) in [5, 5.41) is 6.40. The number of hydrogen-bond donors (Lipinski definition) is 1. The third-order valence-corrected chi connectivity index (χ3v) is 4.92. The standard InChI is InChI=1S/C14H16ClNS2/c1-10-6-11(8-17-10)14(16-2)9-18-13-5-3-4-12(15)7-13/h3-8,14,16H,9H2,1-2H3. The van der Waals surface area contributed by atoms with Crippen LogP contribution in [0.2, 0.25) is 5.02 Å². The first-order chi connectivity index (χ1) is 8.69. The molecule has 0 amide bonds. The summed E-state index contributed by atoms with van der Waals surface area (Å²) < 4.78 is 0. The van der Waals surface area contributed by atoms with E-state index in [9.17, 15) is 0 Å². The molecule has 0 aliphatic rings. The average Bonchev–Trinajstić information content (AvgIpc) is 2.77. The Bertz CT molecular complexity index is 510. The van der Waals surface area contributed by atoms with Gasteiger partial charge in [0.2, 0.25) is 0 Å². The van der Waals surface area contributed by atoms with E-state index in [1.54, 1.807) is 11.3 Å². The highest BCUT2D eigenvalue weighted by molar-refractivity contribution is 7.99. The van der Waals surface area contributed by atoms with Crippen LogP contribution in [0.4, 0.5) is 0 Å². The average molecular weight is 298 g/mol. The van der Waals surface area contributed by atoms with E-state index in [1.807, 2.05) is 37.0 Å². The van der Waals surface area contributed by atoms with Crippen LogP contribution in [-0.4, -0.2) is 12.8 Å². The monoisotopic (exact) mass is 297 g/mol. The van der Waals surface area contributed by atoms with Crippen LogP contribution in [0.15, 0.2) is 40.6 Å². The zero-order valence-electron chi connectivity index (χ0n) is 10.4. The Kier molecular flexibility index (Phi) is 5.13. The van der Waals surface area contributed by atoms with Crippen molar-refractivity contribution in [3.63, 3.8) is 0 Å². The van der Waals surface area contributed by atoms with Gasteiger partial charge in [-0.3, -0.25) is 0 Å². The Balaban J connectivity index is 1.99. The molecule has 18 heavy (non-hydrogen) atoms. The molecule has 1 nitrogen and oxygen atoms in total. The van der Waals surface area contributed by atoms with Crippen molar-refractivity contribution < 1.29 is 0 Å². The quantitative estimate of drug-likeness (QED) is 0.798. The van der Waals surface area contributed by atoms with Gasteiger partial charge in [-0.05, 0) is 49.2 Å². The van der Waals surface area contributed by atoms with Crippen LogP contribution in [0.3, 0.4) is 0 Å². The second-order valence-electron chi connectivity index (χ2n) is 4.10. The molecule has 1 aromatic heterocycles. The van der Waals surface area contributed by atoms with Gasteiger partial charge in [0.25, 0.3) is 0 Å². The molecule has 2 aromatic rings. The molecule has 1 aromatic carbocycles. The van der Waals surface area contributed by atoms with E-state index in [1.165, 1.54) is 15.3 Å². The Hall–Kier alpha value is -0.480.